The number of para-hydroxylation sites is 1. The van der Waals surface area contributed by atoms with Crippen LogP contribution in [0, 0.1) is 6.92 Å². The van der Waals surface area contributed by atoms with Crippen LogP contribution in [0.15, 0.2) is 77.7 Å². The van der Waals surface area contributed by atoms with E-state index in [0.717, 1.165) is 114 Å². The van der Waals surface area contributed by atoms with Gasteiger partial charge in [-0.1, -0.05) is 108 Å². The number of rotatable bonds is 23. The van der Waals surface area contributed by atoms with Crippen molar-refractivity contribution in [2.24, 2.45) is 0 Å². The second-order valence-corrected chi connectivity index (χ2v) is 17.9. The van der Waals surface area contributed by atoms with E-state index in [1.165, 1.54) is 25.3 Å². The van der Waals surface area contributed by atoms with E-state index in [9.17, 15) is 13.0 Å². The van der Waals surface area contributed by atoms with Crippen LogP contribution in [0.2, 0.25) is 0 Å². The van der Waals surface area contributed by atoms with E-state index >= 15 is 0 Å². The molecule has 0 spiro atoms. The molecule has 66 heavy (non-hydrogen) atoms. The molecule has 356 valence electrons. The predicted molar refractivity (Wildman–Crippen MR) is 272 cm³/mol. The average Bonchev–Trinajstić information content (AvgIpc) is 3.30. The predicted octanol–water partition coefficient (Wildman–Crippen LogP) is 9.49. The third-order valence-corrected chi connectivity index (χ3v) is 11.9. The highest BCUT2D eigenvalue weighted by Crippen LogP contribution is 2.25. The Kier molecular flexibility index (Phi) is 20.3. The molecule has 0 aliphatic carbocycles. The van der Waals surface area contributed by atoms with Gasteiger partial charge < -0.3 is 31.1 Å². The van der Waals surface area contributed by atoms with E-state index in [1.54, 1.807) is 24.3 Å². The van der Waals surface area contributed by atoms with Crippen molar-refractivity contribution in [2.75, 3.05) is 90.0 Å². The van der Waals surface area contributed by atoms with Crippen LogP contribution < -0.4 is 31.1 Å². The van der Waals surface area contributed by atoms with E-state index in [-0.39, 0.29) is 10.8 Å². The molecule has 1 saturated heterocycles. The molecule has 0 bridgehead atoms. The first-order valence-electron chi connectivity index (χ1n) is 23.6. The van der Waals surface area contributed by atoms with Crippen LogP contribution in [0.1, 0.15) is 103 Å². The summed E-state index contributed by atoms with van der Waals surface area (Å²) in [6, 6.07) is 22.1. The van der Waals surface area contributed by atoms with Gasteiger partial charge in [-0.2, -0.15) is 38.3 Å². The number of benzene rings is 3. The Balaban J connectivity index is 0.000000288. The van der Waals surface area contributed by atoms with E-state index in [4.69, 9.17) is 20.7 Å². The van der Waals surface area contributed by atoms with Crippen molar-refractivity contribution in [3.05, 3.63) is 89.5 Å². The SMILES string of the molecule is CCCCCCN(CCC)c1nc(N)nc(Nc2ccccc2)n1.CCCN1CCN(c2nc(Nc3ccc(/C=C/c4ccccc4S(=O)(=O)O)c(C)c3)nc(N(CCC)CCC)n2)CC1. The molecule has 0 saturated carbocycles. The summed E-state index contributed by atoms with van der Waals surface area (Å²) < 4.78 is 33.0. The summed E-state index contributed by atoms with van der Waals surface area (Å²) in [5, 5.41) is 6.59. The molecule has 0 amide bonds. The number of unbranched alkanes of at least 4 members (excludes halogenated alkanes) is 3. The maximum atomic E-state index is 11.7. The number of hydrogen-bond acceptors (Lipinski definition) is 15. The summed E-state index contributed by atoms with van der Waals surface area (Å²) in [5.74, 6) is 3.28. The van der Waals surface area contributed by atoms with Crippen LogP contribution in [-0.2, 0) is 10.1 Å². The molecule has 0 atom stereocenters. The van der Waals surface area contributed by atoms with Gasteiger partial charge in [-0.05, 0) is 92.6 Å². The molecule has 0 radical (unpaired) electrons. The third-order valence-electron chi connectivity index (χ3n) is 11.0. The van der Waals surface area contributed by atoms with Gasteiger partial charge in [0.1, 0.15) is 4.90 Å². The molecule has 2 aromatic heterocycles. The lowest BCUT2D eigenvalue weighted by Gasteiger charge is -2.35. The first-order valence-corrected chi connectivity index (χ1v) is 25.1. The molecular formula is C49H71N13O3S. The second-order valence-electron chi connectivity index (χ2n) is 16.5. The maximum absolute atomic E-state index is 11.7. The minimum absolute atomic E-state index is 0.120. The van der Waals surface area contributed by atoms with E-state index < -0.39 is 10.1 Å². The highest BCUT2D eigenvalue weighted by atomic mass is 32.2. The minimum atomic E-state index is -4.31. The van der Waals surface area contributed by atoms with E-state index in [0.29, 0.717) is 35.3 Å². The van der Waals surface area contributed by atoms with Crippen molar-refractivity contribution in [3.63, 3.8) is 0 Å². The molecule has 6 rings (SSSR count). The Morgan fingerprint density at radius 2 is 1.24 bits per heavy atom. The van der Waals surface area contributed by atoms with Crippen LogP contribution >= 0.6 is 0 Å². The van der Waals surface area contributed by atoms with Crippen LogP contribution in [-0.4, -0.2) is 107 Å². The summed E-state index contributed by atoms with van der Waals surface area (Å²) >= 11 is 0. The zero-order chi connectivity index (χ0) is 47.3. The van der Waals surface area contributed by atoms with Gasteiger partial charge in [0.25, 0.3) is 10.1 Å². The van der Waals surface area contributed by atoms with Gasteiger partial charge in [0.2, 0.25) is 35.7 Å². The van der Waals surface area contributed by atoms with Crippen LogP contribution in [0.3, 0.4) is 0 Å². The van der Waals surface area contributed by atoms with Gasteiger partial charge in [0, 0.05) is 63.7 Å². The molecule has 5 aromatic rings. The first kappa shape index (κ1) is 51.1. The zero-order valence-electron chi connectivity index (χ0n) is 39.8. The van der Waals surface area contributed by atoms with Gasteiger partial charge in [0.05, 0.1) is 0 Å². The van der Waals surface area contributed by atoms with Crippen molar-refractivity contribution in [3.8, 4) is 0 Å². The lowest BCUT2D eigenvalue weighted by atomic mass is 10.1. The number of nitrogens with two attached hydrogens (primary N) is 1. The Morgan fingerprint density at radius 1 is 0.636 bits per heavy atom. The molecule has 3 aromatic carbocycles. The standard InChI is InChI=1S/C31H43N7O3S.C18H28N6/c1-5-16-36-19-21-38(22-20-36)31-34-29(33-30(35-31)37(17-6-2)18-7-3)32-27-15-14-25(24(4)23-27)12-13-26-10-8-9-11-28(26)42(39,40)41;1-3-5-6-10-14-24(13-4-2)18-22-16(19)21-17(23-18)20-15-11-8-7-9-12-15/h8-15,23H,5-7,16-22H2,1-4H3,(H,39,40,41)(H,32,33,34,35);7-9,11-12H,3-6,10,13-14H2,1-2H3,(H3,19,20,21,22,23)/b13-12+;. The number of nitrogen functional groups attached to an aromatic ring is 1. The third kappa shape index (κ3) is 15.9. The monoisotopic (exact) mass is 922 g/mol. The number of nitrogens with zero attached hydrogens (tertiary/aromatic N) is 10. The quantitative estimate of drug-likeness (QED) is 0.0275. The van der Waals surface area contributed by atoms with Gasteiger partial charge in [-0.3, -0.25) is 9.45 Å². The molecule has 5 N–H and O–H groups in total. The smallest absolute Gasteiger partial charge is 0.295 e. The Hall–Kier alpha value is -5.91. The summed E-state index contributed by atoms with van der Waals surface area (Å²) in [7, 11) is -4.31. The van der Waals surface area contributed by atoms with Crippen molar-refractivity contribution >= 4 is 69.3 Å². The maximum Gasteiger partial charge on any atom is 0.295 e. The highest BCUT2D eigenvalue weighted by Gasteiger charge is 2.22. The fraction of sp³-hybridized carbons (Fsp3) is 0.469. The van der Waals surface area contributed by atoms with Gasteiger partial charge >= 0.3 is 0 Å². The number of nitrogens with one attached hydrogen (secondary N) is 2. The molecular weight excluding hydrogens is 851 g/mol. The molecule has 17 heteroatoms. The molecule has 1 aliphatic rings. The number of hydrogen-bond donors (Lipinski definition) is 4. The van der Waals surface area contributed by atoms with E-state index in [2.05, 4.69) is 79.8 Å². The fourth-order valence-corrected chi connectivity index (χ4v) is 8.36. The Labute approximate surface area is 393 Å². The van der Waals surface area contributed by atoms with Gasteiger partial charge in [-0.15, -0.1) is 0 Å². The molecule has 16 nitrogen and oxygen atoms in total. The van der Waals surface area contributed by atoms with Gasteiger partial charge in [-0.25, -0.2) is 0 Å². The largest absolute Gasteiger partial charge is 0.368 e. The number of aryl methyl sites for hydroxylation is 1. The van der Waals surface area contributed by atoms with E-state index in [1.807, 2.05) is 61.5 Å². The summed E-state index contributed by atoms with van der Waals surface area (Å²) in [5.41, 5.74) is 10.00. The lowest BCUT2D eigenvalue weighted by molar-refractivity contribution is 0.257. The van der Waals surface area contributed by atoms with Crippen molar-refractivity contribution in [2.45, 2.75) is 97.8 Å². The topological polar surface area (TPSA) is 195 Å². The average molecular weight is 922 g/mol. The van der Waals surface area contributed by atoms with Crippen LogP contribution in [0.4, 0.5) is 47.1 Å². The second kappa shape index (κ2) is 26.3. The molecule has 1 fully saturated rings. The molecule has 1 aliphatic heterocycles. The van der Waals surface area contributed by atoms with Crippen LogP contribution in [0.25, 0.3) is 12.2 Å². The van der Waals surface area contributed by atoms with Gasteiger partial charge in [0.15, 0.2) is 0 Å². The lowest BCUT2D eigenvalue weighted by Crippen LogP contribution is -2.47. The zero-order valence-corrected chi connectivity index (χ0v) is 40.6. The summed E-state index contributed by atoms with van der Waals surface area (Å²) in [6.45, 7) is 21.4. The Bertz CT molecular complexity index is 2370. The Morgan fingerprint density at radius 3 is 1.88 bits per heavy atom. The number of anilines is 8. The van der Waals surface area contributed by atoms with Crippen molar-refractivity contribution < 1.29 is 13.0 Å². The number of piperazine rings is 1. The minimum Gasteiger partial charge on any atom is -0.368 e. The number of aromatic nitrogens is 6. The molecule has 0 unspecified atom stereocenters. The van der Waals surface area contributed by atoms with Crippen LogP contribution in [0.5, 0.6) is 0 Å². The normalized spacial score (nSPS) is 13.0. The highest BCUT2D eigenvalue weighted by molar-refractivity contribution is 7.86. The fourth-order valence-electron chi connectivity index (χ4n) is 7.67. The first-order chi connectivity index (χ1) is 31.9. The van der Waals surface area contributed by atoms with Crippen molar-refractivity contribution in [1.29, 1.82) is 0 Å². The van der Waals surface area contributed by atoms with Crippen molar-refractivity contribution in [1.82, 2.24) is 34.8 Å². The summed E-state index contributed by atoms with van der Waals surface area (Å²) in [6.07, 6.45) is 12.6. The summed E-state index contributed by atoms with van der Waals surface area (Å²) in [4.78, 5) is 36.7. The molecule has 3 heterocycles.